The molecule has 2 aromatic rings. The van der Waals surface area contributed by atoms with Crippen LogP contribution < -0.4 is 9.80 Å². The third-order valence-electron chi connectivity index (χ3n) is 10.6. The minimum absolute atomic E-state index is 0.0912. The van der Waals surface area contributed by atoms with Crippen molar-refractivity contribution in [1.29, 1.82) is 0 Å². The molecular weight excluding hydrogens is 624 g/mol. The average Bonchev–Trinajstić information content (AvgIpc) is 3.49. The molecule has 4 aliphatic heterocycles. The summed E-state index contributed by atoms with van der Waals surface area (Å²) in [7, 11) is 1.70. The number of allylic oxidation sites excluding steroid dienone is 1. The fraction of sp³-hybridized carbons (Fsp3) is 0.474. The third kappa shape index (κ3) is 6.03. The summed E-state index contributed by atoms with van der Waals surface area (Å²) in [5.74, 6) is -3.70. The van der Waals surface area contributed by atoms with Gasteiger partial charge < -0.3 is 34.2 Å². The summed E-state index contributed by atoms with van der Waals surface area (Å²) in [5.41, 5.74) is 0.930. The first-order chi connectivity index (χ1) is 23.7. The van der Waals surface area contributed by atoms with Crippen LogP contribution in [0.3, 0.4) is 0 Å². The molecule has 2 fully saturated rings. The predicted molar refractivity (Wildman–Crippen MR) is 185 cm³/mol. The molecule has 0 aliphatic carbocycles. The summed E-state index contributed by atoms with van der Waals surface area (Å²) in [4.78, 5) is 63.5. The molecule has 3 amide bonds. The number of amides is 3. The molecule has 11 nitrogen and oxygen atoms in total. The molecule has 11 heteroatoms. The van der Waals surface area contributed by atoms with E-state index in [9.17, 15) is 24.3 Å². The zero-order valence-corrected chi connectivity index (χ0v) is 28.6. The van der Waals surface area contributed by atoms with Crippen molar-refractivity contribution in [1.82, 2.24) is 9.80 Å². The molecule has 49 heavy (non-hydrogen) atoms. The van der Waals surface area contributed by atoms with Crippen LogP contribution >= 0.6 is 0 Å². The maximum Gasteiger partial charge on any atom is 0.313 e. The van der Waals surface area contributed by atoms with Crippen LogP contribution in [0.15, 0.2) is 78.9 Å². The highest BCUT2D eigenvalue weighted by Gasteiger charge is 2.71. The summed E-state index contributed by atoms with van der Waals surface area (Å²) in [5, 5.41) is 10.1. The summed E-state index contributed by atoms with van der Waals surface area (Å²) >= 11 is 0. The Morgan fingerprint density at radius 3 is 2.35 bits per heavy atom. The van der Waals surface area contributed by atoms with Crippen molar-refractivity contribution >= 4 is 35.1 Å². The molecule has 1 spiro atoms. The monoisotopic (exact) mass is 670 g/mol. The minimum Gasteiger partial charge on any atom is -0.455 e. The number of rotatable bonds is 7. The molecule has 0 unspecified atom stereocenters. The predicted octanol–water partition coefficient (Wildman–Crippen LogP) is 3.49. The summed E-state index contributed by atoms with van der Waals surface area (Å²) in [6.45, 7) is 7.47. The lowest BCUT2D eigenvalue weighted by atomic mass is 9.77. The number of β-amino-alcohol motifs (C(OH)–C–C–N with tert-alkyl or cyclic N) is 1. The van der Waals surface area contributed by atoms with Gasteiger partial charge in [-0.1, -0.05) is 54.6 Å². The van der Waals surface area contributed by atoms with E-state index in [0.717, 1.165) is 18.8 Å². The van der Waals surface area contributed by atoms with Gasteiger partial charge in [-0.05, 0) is 57.0 Å². The first kappa shape index (κ1) is 34.4. The number of nitrogens with zero attached hydrogens (tertiary/aromatic N) is 4. The van der Waals surface area contributed by atoms with Crippen molar-refractivity contribution in [2.45, 2.75) is 63.5 Å². The van der Waals surface area contributed by atoms with Gasteiger partial charge in [0.1, 0.15) is 23.7 Å². The molecule has 7 atom stereocenters. The number of fused-ring (bicyclic) bond motifs is 2. The molecule has 0 saturated carbocycles. The van der Waals surface area contributed by atoms with Gasteiger partial charge in [-0.25, -0.2) is 0 Å². The number of anilines is 2. The van der Waals surface area contributed by atoms with Gasteiger partial charge in [-0.15, -0.1) is 0 Å². The summed E-state index contributed by atoms with van der Waals surface area (Å²) in [6.07, 6.45) is 6.05. The van der Waals surface area contributed by atoms with Crippen LogP contribution in [-0.2, 0) is 28.7 Å². The Labute approximate surface area is 287 Å². The van der Waals surface area contributed by atoms with Gasteiger partial charge in [-0.2, -0.15) is 0 Å². The average molecular weight is 671 g/mol. The lowest BCUT2D eigenvalue weighted by molar-refractivity contribution is -0.164. The Kier molecular flexibility index (Phi) is 9.94. The molecule has 2 aromatic carbocycles. The van der Waals surface area contributed by atoms with Crippen LogP contribution in [0.1, 0.15) is 45.3 Å². The first-order valence-electron chi connectivity index (χ1n) is 17.3. The highest BCUT2D eigenvalue weighted by Crippen LogP contribution is 2.53. The molecule has 0 radical (unpaired) electrons. The third-order valence-corrected chi connectivity index (χ3v) is 10.6. The van der Waals surface area contributed by atoms with E-state index >= 15 is 0 Å². The number of hydrogen-bond donors (Lipinski definition) is 1. The number of carbonyl (C=O) groups is 4. The summed E-state index contributed by atoms with van der Waals surface area (Å²) < 4.78 is 13.1. The number of likely N-dealkylation sites (N-methyl/N-ethyl adjacent to an activating group) is 1. The molecule has 0 bridgehead atoms. The topological polar surface area (TPSA) is 120 Å². The van der Waals surface area contributed by atoms with E-state index in [0.29, 0.717) is 17.7 Å². The second-order valence-corrected chi connectivity index (χ2v) is 13.1. The largest absolute Gasteiger partial charge is 0.455 e. The zero-order valence-electron chi connectivity index (χ0n) is 28.6. The lowest BCUT2D eigenvalue weighted by Gasteiger charge is -2.35. The maximum absolute atomic E-state index is 14.6. The summed E-state index contributed by atoms with van der Waals surface area (Å²) in [6, 6.07) is 15.4. The molecule has 260 valence electrons. The Morgan fingerprint density at radius 1 is 0.959 bits per heavy atom. The van der Waals surface area contributed by atoms with Gasteiger partial charge in [0.05, 0.1) is 24.7 Å². The van der Waals surface area contributed by atoms with E-state index < -0.39 is 53.6 Å². The van der Waals surface area contributed by atoms with Gasteiger partial charge in [-0.3, -0.25) is 19.2 Å². The minimum atomic E-state index is -1.49. The molecule has 6 rings (SSSR count). The van der Waals surface area contributed by atoms with E-state index in [1.54, 1.807) is 35.1 Å². The van der Waals surface area contributed by atoms with E-state index in [4.69, 9.17) is 9.47 Å². The fourth-order valence-corrected chi connectivity index (χ4v) is 7.90. The van der Waals surface area contributed by atoms with Crippen LogP contribution in [0, 0.1) is 11.8 Å². The molecule has 1 N–H and O–H groups in total. The second-order valence-electron chi connectivity index (χ2n) is 13.1. The van der Waals surface area contributed by atoms with Crippen molar-refractivity contribution in [3.8, 4) is 0 Å². The number of aliphatic hydroxyl groups excluding tert-OH is 1. The Morgan fingerprint density at radius 2 is 1.67 bits per heavy atom. The van der Waals surface area contributed by atoms with Crippen LogP contribution in [0.4, 0.5) is 11.4 Å². The lowest BCUT2D eigenvalue weighted by Crippen LogP contribution is -2.55. The van der Waals surface area contributed by atoms with Gasteiger partial charge in [0.15, 0.2) is 0 Å². The number of carbonyl (C=O) groups excluding carboxylic acids is 4. The Balaban J connectivity index is 1.40. The number of benzene rings is 2. The normalized spacial score (nSPS) is 30.9. The van der Waals surface area contributed by atoms with Gasteiger partial charge in [0, 0.05) is 51.0 Å². The Hall–Kier alpha value is -4.48. The van der Waals surface area contributed by atoms with Crippen LogP contribution in [0.5, 0.6) is 0 Å². The molecule has 4 heterocycles. The molecular formula is C38H46N4O7. The van der Waals surface area contributed by atoms with E-state index in [1.165, 1.54) is 4.90 Å². The number of esters is 1. The van der Waals surface area contributed by atoms with E-state index in [-0.39, 0.29) is 37.9 Å². The van der Waals surface area contributed by atoms with Crippen molar-refractivity contribution in [3.05, 3.63) is 84.5 Å². The number of hydrogen-bond acceptors (Lipinski definition) is 8. The van der Waals surface area contributed by atoms with Crippen LogP contribution in [0.25, 0.3) is 0 Å². The SMILES string of the molecule is CCN(CC)c1ccc(N2CC=C[C@]34O[C@@H]5/C=C\CCC(=O)N(C)[C@H](C)[C@@H](c6ccccc6)OC(=O)[C@@H]5[C@H]3C(=O)N(CCO)[C@@H]4C2=O)cc1. The van der Waals surface area contributed by atoms with Crippen molar-refractivity contribution in [3.63, 3.8) is 0 Å². The number of aliphatic hydroxyl groups is 1. The van der Waals surface area contributed by atoms with Crippen molar-refractivity contribution in [2.75, 3.05) is 49.6 Å². The fourth-order valence-electron chi connectivity index (χ4n) is 7.90. The van der Waals surface area contributed by atoms with Crippen molar-refractivity contribution in [2.24, 2.45) is 11.8 Å². The quantitative estimate of drug-likeness (QED) is 0.352. The smallest absolute Gasteiger partial charge is 0.313 e. The second kappa shape index (κ2) is 14.2. The Bertz CT molecular complexity index is 1610. The first-order valence-corrected chi connectivity index (χ1v) is 17.3. The van der Waals surface area contributed by atoms with E-state index in [2.05, 4.69) is 18.7 Å². The van der Waals surface area contributed by atoms with Crippen LogP contribution in [0.2, 0.25) is 0 Å². The molecule has 4 aliphatic rings. The van der Waals surface area contributed by atoms with Crippen LogP contribution in [-0.4, -0.2) is 102 Å². The molecule has 2 saturated heterocycles. The molecule has 0 aromatic heterocycles. The van der Waals surface area contributed by atoms with E-state index in [1.807, 2.05) is 67.6 Å². The van der Waals surface area contributed by atoms with Gasteiger partial charge in [0.2, 0.25) is 11.8 Å². The van der Waals surface area contributed by atoms with Gasteiger partial charge in [0.25, 0.3) is 5.91 Å². The number of ether oxygens (including phenoxy) is 2. The van der Waals surface area contributed by atoms with Gasteiger partial charge >= 0.3 is 5.97 Å². The highest BCUT2D eigenvalue weighted by molar-refractivity contribution is 6.05. The number of cyclic esters (lactones) is 1. The highest BCUT2D eigenvalue weighted by atomic mass is 16.6. The zero-order chi connectivity index (χ0) is 34.9. The number of likely N-dealkylation sites (tertiary alicyclic amines) is 1. The standard InChI is InChI=1S/C38H46N4O7/c1-5-40(6-2)27-17-19-28(20-18-27)41-22-12-21-38-32(35(45)42(23-24-43)34(38)36(41)46)31-29(49-38)15-10-11-16-30(44)39(4)25(3)33(48-37(31)47)26-13-8-7-9-14-26/h7-10,12-15,17-21,25,29,31-34,43H,5-6,11,16,22-24H2,1-4H3/b15-10-/t25-,29-,31+,32+,33+,34-,38+/m1/s1. The van der Waals surface area contributed by atoms with Crippen molar-refractivity contribution < 1.29 is 33.8 Å². The maximum atomic E-state index is 14.6.